The highest BCUT2D eigenvalue weighted by Crippen LogP contribution is 2.53. The lowest BCUT2D eigenvalue weighted by Gasteiger charge is -2.18. The van der Waals surface area contributed by atoms with Crippen LogP contribution in [-0.4, -0.2) is 16.7 Å². The molecule has 0 spiro atoms. The van der Waals surface area contributed by atoms with E-state index in [1.807, 2.05) is 12.1 Å². The third kappa shape index (κ3) is 1.70. The van der Waals surface area contributed by atoms with Gasteiger partial charge in [0.25, 0.3) is 0 Å². The normalized spacial score (nSPS) is 28.4. The molecule has 90 valence electrons. The number of carboxylic acid groups (broad SMARTS) is 1. The lowest BCUT2D eigenvalue weighted by atomic mass is 9.99. The van der Waals surface area contributed by atoms with Crippen molar-refractivity contribution in [1.82, 2.24) is 0 Å². The first kappa shape index (κ1) is 10.6. The number of ether oxygens (including phenoxy) is 1. The van der Waals surface area contributed by atoms with E-state index in [4.69, 9.17) is 9.84 Å². The highest BCUT2D eigenvalue weighted by Gasteiger charge is 2.47. The fourth-order valence-electron chi connectivity index (χ4n) is 2.74. The molecular formula is C14H16O3. The molecule has 1 aliphatic heterocycles. The predicted octanol–water partition coefficient (Wildman–Crippen LogP) is 2.59. The Morgan fingerprint density at radius 3 is 2.88 bits per heavy atom. The quantitative estimate of drug-likeness (QED) is 0.852. The Hall–Kier alpha value is -1.51. The third-order valence-corrected chi connectivity index (χ3v) is 3.63. The van der Waals surface area contributed by atoms with Crippen molar-refractivity contribution in [3.05, 3.63) is 29.3 Å². The summed E-state index contributed by atoms with van der Waals surface area (Å²) < 4.78 is 5.96. The lowest BCUT2D eigenvalue weighted by molar-refractivity contribution is -0.138. The first-order valence-corrected chi connectivity index (χ1v) is 6.01. The van der Waals surface area contributed by atoms with E-state index in [0.29, 0.717) is 0 Å². The van der Waals surface area contributed by atoms with Crippen LogP contribution < -0.4 is 4.74 Å². The average molecular weight is 232 g/mol. The van der Waals surface area contributed by atoms with Crippen LogP contribution in [0.1, 0.15) is 37.3 Å². The van der Waals surface area contributed by atoms with Gasteiger partial charge in [-0.15, -0.1) is 0 Å². The maximum atomic E-state index is 10.9. The predicted molar refractivity (Wildman–Crippen MR) is 63.3 cm³/mol. The first-order valence-electron chi connectivity index (χ1n) is 6.01. The smallest absolute Gasteiger partial charge is 0.307 e. The molecule has 1 heterocycles. The maximum absolute atomic E-state index is 10.9. The maximum Gasteiger partial charge on any atom is 0.307 e. The molecule has 3 rings (SSSR count). The molecule has 2 atom stereocenters. The molecule has 0 aromatic heterocycles. The van der Waals surface area contributed by atoms with E-state index in [9.17, 15) is 4.79 Å². The van der Waals surface area contributed by atoms with Gasteiger partial charge in [0.2, 0.25) is 0 Å². The van der Waals surface area contributed by atoms with Crippen molar-refractivity contribution in [2.45, 2.75) is 38.2 Å². The van der Waals surface area contributed by atoms with Crippen LogP contribution in [0.4, 0.5) is 0 Å². The van der Waals surface area contributed by atoms with E-state index in [1.54, 1.807) is 0 Å². The summed E-state index contributed by atoms with van der Waals surface area (Å²) in [5, 5.41) is 9.00. The summed E-state index contributed by atoms with van der Waals surface area (Å²) >= 11 is 0. The van der Waals surface area contributed by atoms with Crippen molar-refractivity contribution < 1.29 is 14.6 Å². The Morgan fingerprint density at radius 1 is 1.47 bits per heavy atom. The Labute approximate surface area is 100 Å². The zero-order valence-electron chi connectivity index (χ0n) is 10.1. The first-order chi connectivity index (χ1) is 7.98. The number of para-hydroxylation sites is 1. The minimum atomic E-state index is -0.690. The fraction of sp³-hybridized carbons (Fsp3) is 0.500. The molecule has 1 fully saturated rings. The van der Waals surface area contributed by atoms with Crippen molar-refractivity contribution in [3.63, 3.8) is 0 Å². The summed E-state index contributed by atoms with van der Waals surface area (Å²) in [4.78, 5) is 10.9. The second-order valence-electron chi connectivity index (χ2n) is 5.66. The van der Waals surface area contributed by atoms with Crippen LogP contribution in [0.3, 0.4) is 0 Å². The van der Waals surface area contributed by atoms with Gasteiger partial charge in [-0.2, -0.15) is 0 Å². The number of hydrogen-bond acceptors (Lipinski definition) is 2. The number of fused-ring (bicyclic) bond motifs is 1. The molecule has 0 saturated heterocycles. The highest BCUT2D eigenvalue weighted by molar-refractivity contribution is 5.76. The van der Waals surface area contributed by atoms with Crippen LogP contribution in [0, 0.1) is 5.92 Å². The van der Waals surface area contributed by atoms with Gasteiger partial charge in [0.1, 0.15) is 11.4 Å². The number of rotatable bonds is 2. The molecule has 0 amide bonds. The summed E-state index contributed by atoms with van der Waals surface area (Å²) in [7, 11) is 0. The molecule has 2 aliphatic rings. The molecule has 0 bridgehead atoms. The van der Waals surface area contributed by atoms with Gasteiger partial charge >= 0.3 is 5.97 Å². The molecule has 1 aromatic carbocycles. The second kappa shape index (κ2) is 3.25. The van der Waals surface area contributed by atoms with E-state index >= 15 is 0 Å². The van der Waals surface area contributed by atoms with Crippen molar-refractivity contribution in [2.24, 2.45) is 5.92 Å². The standard InChI is InChI=1S/C14H16O3/c1-14(2)7-8-4-3-5-9(12(8)17-14)10-6-11(10)13(15)16/h3-5,10-11H,6-7H2,1-2H3,(H,15,16). The van der Waals surface area contributed by atoms with E-state index < -0.39 is 5.97 Å². The van der Waals surface area contributed by atoms with Gasteiger partial charge < -0.3 is 9.84 Å². The molecule has 1 aromatic rings. The molecule has 1 saturated carbocycles. The lowest BCUT2D eigenvalue weighted by Crippen LogP contribution is -2.24. The third-order valence-electron chi connectivity index (χ3n) is 3.63. The van der Waals surface area contributed by atoms with Crippen molar-refractivity contribution in [3.8, 4) is 5.75 Å². The summed E-state index contributed by atoms with van der Waals surface area (Å²) in [6.45, 7) is 4.14. The number of benzene rings is 1. The van der Waals surface area contributed by atoms with E-state index in [2.05, 4.69) is 19.9 Å². The Morgan fingerprint density at radius 2 is 2.24 bits per heavy atom. The van der Waals surface area contributed by atoms with Gasteiger partial charge in [-0.1, -0.05) is 18.2 Å². The highest BCUT2D eigenvalue weighted by atomic mass is 16.5. The fourth-order valence-corrected chi connectivity index (χ4v) is 2.74. The molecule has 0 radical (unpaired) electrons. The molecule has 17 heavy (non-hydrogen) atoms. The zero-order chi connectivity index (χ0) is 12.2. The molecular weight excluding hydrogens is 216 g/mol. The van der Waals surface area contributed by atoms with Crippen molar-refractivity contribution in [1.29, 1.82) is 0 Å². The van der Waals surface area contributed by atoms with Crippen LogP contribution >= 0.6 is 0 Å². The van der Waals surface area contributed by atoms with Gasteiger partial charge in [0.15, 0.2) is 0 Å². The molecule has 3 heteroatoms. The zero-order valence-corrected chi connectivity index (χ0v) is 10.1. The summed E-state index contributed by atoms with van der Waals surface area (Å²) in [5.74, 6) is 0.182. The summed E-state index contributed by atoms with van der Waals surface area (Å²) in [5.41, 5.74) is 2.13. The van der Waals surface area contributed by atoms with E-state index in [-0.39, 0.29) is 17.4 Å². The van der Waals surface area contributed by atoms with Gasteiger partial charge in [0.05, 0.1) is 5.92 Å². The number of aliphatic carboxylic acids is 1. The van der Waals surface area contributed by atoms with Crippen molar-refractivity contribution >= 4 is 5.97 Å². The molecule has 2 unspecified atom stereocenters. The summed E-state index contributed by atoms with van der Waals surface area (Å²) in [6, 6.07) is 6.09. The van der Waals surface area contributed by atoms with E-state index in [1.165, 1.54) is 5.56 Å². The summed E-state index contributed by atoms with van der Waals surface area (Å²) in [6.07, 6.45) is 1.65. The topological polar surface area (TPSA) is 46.5 Å². The van der Waals surface area contributed by atoms with Gasteiger partial charge in [0, 0.05) is 12.3 Å². The van der Waals surface area contributed by atoms with Crippen LogP contribution in [0.15, 0.2) is 18.2 Å². The van der Waals surface area contributed by atoms with Crippen LogP contribution in [0.5, 0.6) is 5.75 Å². The molecule has 1 aliphatic carbocycles. The van der Waals surface area contributed by atoms with Crippen molar-refractivity contribution in [2.75, 3.05) is 0 Å². The monoisotopic (exact) mass is 232 g/mol. The SMILES string of the molecule is CC1(C)Cc2cccc(C3CC3C(=O)O)c2O1. The number of carbonyl (C=O) groups is 1. The minimum Gasteiger partial charge on any atom is -0.487 e. The average Bonchev–Trinajstić information content (AvgIpc) is 2.94. The second-order valence-corrected chi connectivity index (χ2v) is 5.66. The van der Waals surface area contributed by atoms with Crippen LogP contribution in [0.2, 0.25) is 0 Å². The largest absolute Gasteiger partial charge is 0.487 e. The van der Waals surface area contributed by atoms with Gasteiger partial charge in [-0.05, 0) is 31.4 Å². The number of carboxylic acids is 1. The van der Waals surface area contributed by atoms with Crippen LogP contribution in [0.25, 0.3) is 0 Å². The Balaban J connectivity index is 1.94. The van der Waals surface area contributed by atoms with Gasteiger partial charge in [-0.3, -0.25) is 4.79 Å². The number of hydrogen-bond donors (Lipinski definition) is 1. The molecule has 1 N–H and O–H groups in total. The van der Waals surface area contributed by atoms with Crippen LogP contribution in [-0.2, 0) is 11.2 Å². The minimum absolute atomic E-state index is 0.149. The Bertz CT molecular complexity index is 490. The van der Waals surface area contributed by atoms with E-state index in [0.717, 1.165) is 24.2 Å². The van der Waals surface area contributed by atoms with Gasteiger partial charge in [-0.25, -0.2) is 0 Å². The Kier molecular flexibility index (Phi) is 2.03. The molecule has 3 nitrogen and oxygen atoms in total.